The van der Waals surface area contributed by atoms with Crippen LogP contribution in [0.3, 0.4) is 0 Å². The number of hydrogen-bond acceptors (Lipinski definition) is 2. The third-order valence-electron chi connectivity index (χ3n) is 3.85. The van der Waals surface area contributed by atoms with Crippen molar-refractivity contribution < 1.29 is 4.79 Å². The Morgan fingerprint density at radius 3 is 1.95 bits per heavy atom. The number of nitrogens with one attached hydrogen (secondary N) is 1. The highest BCUT2D eigenvalue weighted by atomic mass is 35.5. The first-order valence-corrected chi connectivity index (χ1v) is 7.52. The smallest absolute Gasteiger partial charge is 0.237 e. The van der Waals surface area contributed by atoms with E-state index in [9.17, 15) is 4.79 Å². The molecule has 0 radical (unpaired) electrons. The van der Waals surface area contributed by atoms with E-state index in [-0.39, 0.29) is 24.4 Å². The highest BCUT2D eigenvalue weighted by molar-refractivity contribution is 5.85. The second-order valence-electron chi connectivity index (χ2n) is 5.99. The number of hydrogen-bond donors (Lipinski definition) is 2. The lowest BCUT2D eigenvalue weighted by Gasteiger charge is -2.24. The molecule has 1 amide bonds. The van der Waals surface area contributed by atoms with E-state index in [2.05, 4.69) is 57.3 Å². The summed E-state index contributed by atoms with van der Waals surface area (Å²) in [5, 5.41) is 3.03. The van der Waals surface area contributed by atoms with Gasteiger partial charge in [-0.3, -0.25) is 4.79 Å². The third-order valence-corrected chi connectivity index (χ3v) is 3.85. The molecular formula is C17H29ClN2O. The average molecular weight is 313 g/mol. The Kier molecular flexibility index (Phi) is 8.60. The molecule has 3 nitrogen and oxygen atoms in total. The van der Waals surface area contributed by atoms with Crippen LogP contribution in [-0.2, 0) is 4.79 Å². The summed E-state index contributed by atoms with van der Waals surface area (Å²) in [6, 6.07) is 8.10. The van der Waals surface area contributed by atoms with E-state index in [1.165, 1.54) is 5.56 Å². The number of nitrogens with two attached hydrogens (primary N) is 1. The van der Waals surface area contributed by atoms with Crippen LogP contribution in [0.25, 0.3) is 0 Å². The van der Waals surface area contributed by atoms with Gasteiger partial charge in [-0.2, -0.15) is 0 Å². The normalized spacial score (nSPS) is 15.0. The van der Waals surface area contributed by atoms with Crippen LogP contribution < -0.4 is 11.1 Å². The van der Waals surface area contributed by atoms with E-state index in [1.54, 1.807) is 6.92 Å². The summed E-state index contributed by atoms with van der Waals surface area (Å²) in [5.74, 6) is 0.794. The Hall–Kier alpha value is -1.06. The SMILES string of the molecule is CCC(C)c1ccc(C(NC(=O)[C@H](C)N)C(C)C)cc1.Cl. The second-order valence-corrected chi connectivity index (χ2v) is 5.99. The largest absolute Gasteiger partial charge is 0.348 e. The maximum atomic E-state index is 11.8. The third kappa shape index (κ3) is 5.68. The molecule has 1 aromatic rings. The molecule has 2 unspecified atom stereocenters. The van der Waals surface area contributed by atoms with Crippen LogP contribution in [0, 0.1) is 5.92 Å². The first-order chi connectivity index (χ1) is 9.36. The van der Waals surface area contributed by atoms with Crippen molar-refractivity contribution in [2.75, 3.05) is 0 Å². The second kappa shape index (κ2) is 9.06. The molecule has 0 aromatic heterocycles. The molecule has 1 rings (SSSR count). The van der Waals surface area contributed by atoms with Gasteiger partial charge in [0.15, 0.2) is 0 Å². The zero-order chi connectivity index (χ0) is 15.3. The summed E-state index contributed by atoms with van der Waals surface area (Å²) >= 11 is 0. The molecule has 0 aliphatic heterocycles. The fraction of sp³-hybridized carbons (Fsp3) is 0.588. The summed E-state index contributed by atoms with van der Waals surface area (Å²) in [6.45, 7) is 10.3. The quantitative estimate of drug-likeness (QED) is 0.840. The van der Waals surface area contributed by atoms with E-state index in [0.29, 0.717) is 11.8 Å². The van der Waals surface area contributed by atoms with Gasteiger partial charge >= 0.3 is 0 Å². The van der Waals surface area contributed by atoms with E-state index in [0.717, 1.165) is 12.0 Å². The van der Waals surface area contributed by atoms with Gasteiger partial charge in [0.25, 0.3) is 0 Å². The topological polar surface area (TPSA) is 55.1 Å². The van der Waals surface area contributed by atoms with Crippen LogP contribution >= 0.6 is 12.4 Å². The molecule has 3 N–H and O–H groups in total. The zero-order valence-corrected chi connectivity index (χ0v) is 14.5. The van der Waals surface area contributed by atoms with Gasteiger partial charge in [0.2, 0.25) is 5.91 Å². The van der Waals surface area contributed by atoms with Crippen molar-refractivity contribution in [3.05, 3.63) is 35.4 Å². The average Bonchev–Trinajstić information content (AvgIpc) is 2.43. The molecule has 3 atom stereocenters. The summed E-state index contributed by atoms with van der Waals surface area (Å²) in [4.78, 5) is 11.8. The van der Waals surface area contributed by atoms with Crippen molar-refractivity contribution in [3.8, 4) is 0 Å². The van der Waals surface area contributed by atoms with Gasteiger partial charge < -0.3 is 11.1 Å². The first-order valence-electron chi connectivity index (χ1n) is 7.52. The van der Waals surface area contributed by atoms with Crippen molar-refractivity contribution >= 4 is 18.3 Å². The van der Waals surface area contributed by atoms with Crippen LogP contribution in [0.4, 0.5) is 0 Å². The van der Waals surface area contributed by atoms with Gasteiger partial charge in [0.1, 0.15) is 0 Å². The van der Waals surface area contributed by atoms with Crippen LogP contribution in [-0.4, -0.2) is 11.9 Å². The maximum absolute atomic E-state index is 11.8. The Bertz CT molecular complexity index is 429. The zero-order valence-electron chi connectivity index (χ0n) is 13.7. The Balaban J connectivity index is 0.00000400. The molecule has 0 fully saturated rings. The molecule has 4 heteroatoms. The number of benzene rings is 1. The van der Waals surface area contributed by atoms with E-state index >= 15 is 0 Å². The summed E-state index contributed by atoms with van der Waals surface area (Å²) < 4.78 is 0. The monoisotopic (exact) mass is 312 g/mol. The van der Waals surface area contributed by atoms with E-state index < -0.39 is 6.04 Å². The predicted octanol–water partition coefficient (Wildman–Crippen LogP) is 3.78. The summed E-state index contributed by atoms with van der Waals surface area (Å²) in [5.41, 5.74) is 8.12. The van der Waals surface area contributed by atoms with Crippen molar-refractivity contribution in [2.45, 2.75) is 59.0 Å². The van der Waals surface area contributed by atoms with E-state index in [1.807, 2.05) is 0 Å². The molecule has 21 heavy (non-hydrogen) atoms. The molecule has 0 aliphatic rings. The molecule has 0 heterocycles. The lowest BCUT2D eigenvalue weighted by molar-refractivity contribution is -0.123. The minimum Gasteiger partial charge on any atom is -0.348 e. The number of rotatable bonds is 6. The number of carbonyl (C=O) groups excluding carboxylic acids is 1. The van der Waals surface area contributed by atoms with Gasteiger partial charge in [-0.05, 0) is 36.3 Å². The maximum Gasteiger partial charge on any atom is 0.237 e. The standard InChI is InChI=1S/C17H28N2O.ClH/c1-6-12(4)14-7-9-15(10-8-14)16(11(2)3)19-17(20)13(5)18;/h7-13,16H,6,18H2,1-5H3,(H,19,20);1H/t12?,13-,16?;/m0./s1. The van der Waals surface area contributed by atoms with Crippen molar-refractivity contribution in [3.63, 3.8) is 0 Å². The minimum atomic E-state index is -0.476. The van der Waals surface area contributed by atoms with Gasteiger partial charge in [-0.25, -0.2) is 0 Å². The molecule has 0 saturated carbocycles. The fourth-order valence-electron chi connectivity index (χ4n) is 2.19. The minimum absolute atomic E-state index is 0. The van der Waals surface area contributed by atoms with Gasteiger partial charge in [0, 0.05) is 0 Å². The molecule has 1 aromatic carbocycles. The fourth-order valence-corrected chi connectivity index (χ4v) is 2.19. The molecule has 0 spiro atoms. The highest BCUT2D eigenvalue weighted by Gasteiger charge is 2.20. The Morgan fingerprint density at radius 1 is 1.10 bits per heavy atom. The van der Waals surface area contributed by atoms with Gasteiger partial charge in [-0.15, -0.1) is 12.4 Å². The lowest BCUT2D eigenvalue weighted by Crippen LogP contribution is -2.41. The van der Waals surface area contributed by atoms with Crippen LogP contribution in [0.15, 0.2) is 24.3 Å². The molecule has 0 bridgehead atoms. The summed E-state index contributed by atoms with van der Waals surface area (Å²) in [7, 11) is 0. The Morgan fingerprint density at radius 2 is 1.57 bits per heavy atom. The molecule has 0 saturated heterocycles. The number of halogens is 1. The predicted molar refractivity (Wildman–Crippen MR) is 91.8 cm³/mol. The van der Waals surface area contributed by atoms with Crippen molar-refractivity contribution in [1.29, 1.82) is 0 Å². The van der Waals surface area contributed by atoms with E-state index in [4.69, 9.17) is 5.73 Å². The van der Waals surface area contributed by atoms with Crippen LogP contribution in [0.5, 0.6) is 0 Å². The lowest BCUT2D eigenvalue weighted by atomic mass is 9.92. The van der Waals surface area contributed by atoms with Gasteiger partial charge in [0.05, 0.1) is 12.1 Å². The van der Waals surface area contributed by atoms with Gasteiger partial charge in [-0.1, -0.05) is 52.0 Å². The number of carbonyl (C=O) groups is 1. The number of amides is 1. The molecule has 120 valence electrons. The molecule has 0 aliphatic carbocycles. The summed E-state index contributed by atoms with van der Waals surface area (Å²) in [6.07, 6.45) is 1.13. The molecular weight excluding hydrogens is 284 g/mol. The van der Waals surface area contributed by atoms with Crippen molar-refractivity contribution in [1.82, 2.24) is 5.32 Å². The first kappa shape index (κ1) is 19.9. The van der Waals surface area contributed by atoms with Crippen molar-refractivity contribution in [2.24, 2.45) is 11.7 Å². The van der Waals surface area contributed by atoms with Crippen LogP contribution in [0.2, 0.25) is 0 Å². The Labute approximate surface area is 135 Å². The van der Waals surface area contributed by atoms with Crippen LogP contribution in [0.1, 0.15) is 64.1 Å². The highest BCUT2D eigenvalue weighted by Crippen LogP contribution is 2.25.